The van der Waals surface area contributed by atoms with Crippen molar-refractivity contribution in [2.45, 2.75) is 0 Å². The molecule has 7 nitrogen and oxygen atoms in total. The maximum Gasteiger partial charge on any atom is 0.354 e. The summed E-state index contributed by atoms with van der Waals surface area (Å²) in [5, 5.41) is 8.76. The number of carboxylic acids is 1. The normalized spacial score (nSPS) is 10.3. The number of carboxylic acid groups (broad SMARTS) is 1. The van der Waals surface area contributed by atoms with E-state index in [0.717, 1.165) is 6.07 Å². The van der Waals surface area contributed by atoms with Crippen molar-refractivity contribution < 1.29 is 9.90 Å². The van der Waals surface area contributed by atoms with Crippen LogP contribution in [0.3, 0.4) is 0 Å². The first kappa shape index (κ1) is 10.1. The number of nitrogens with zero attached hydrogens (tertiary/aromatic N) is 3. The summed E-state index contributed by atoms with van der Waals surface area (Å²) in [5.41, 5.74) is -0.827. The molecule has 0 amide bonds. The van der Waals surface area contributed by atoms with E-state index in [9.17, 15) is 9.59 Å². The van der Waals surface area contributed by atoms with Gasteiger partial charge in [-0.25, -0.2) is 14.8 Å². The summed E-state index contributed by atoms with van der Waals surface area (Å²) in [6, 6.07) is 0.925. The Morgan fingerprint density at radius 3 is 2.88 bits per heavy atom. The highest BCUT2D eigenvalue weighted by molar-refractivity contribution is 5.85. The van der Waals surface area contributed by atoms with Crippen LogP contribution in [-0.4, -0.2) is 30.6 Å². The molecule has 0 fully saturated rings. The first-order valence-electron chi connectivity index (χ1n) is 4.40. The van der Waals surface area contributed by atoms with Crippen LogP contribution in [0, 0.1) is 0 Å². The van der Waals surface area contributed by atoms with Gasteiger partial charge >= 0.3 is 5.97 Å². The van der Waals surface area contributed by atoms with Crippen molar-refractivity contribution in [2.75, 3.05) is 0 Å². The first-order valence-corrected chi connectivity index (χ1v) is 4.40. The Bertz CT molecular complexity index is 599. The molecule has 0 unspecified atom stereocenters. The van der Waals surface area contributed by atoms with Gasteiger partial charge < -0.3 is 14.7 Å². The maximum absolute atomic E-state index is 11.2. The van der Waals surface area contributed by atoms with E-state index in [-0.39, 0.29) is 11.5 Å². The van der Waals surface area contributed by atoms with Crippen LogP contribution < -0.4 is 5.56 Å². The van der Waals surface area contributed by atoms with Gasteiger partial charge in [-0.15, -0.1) is 0 Å². The molecule has 16 heavy (non-hydrogen) atoms. The molecule has 0 aliphatic heterocycles. The second-order valence-electron chi connectivity index (χ2n) is 3.15. The molecule has 2 heterocycles. The second kappa shape index (κ2) is 3.61. The van der Waals surface area contributed by atoms with Crippen LogP contribution in [0.25, 0.3) is 11.6 Å². The van der Waals surface area contributed by atoms with Gasteiger partial charge in [0.25, 0.3) is 5.56 Å². The van der Waals surface area contributed by atoms with Crippen molar-refractivity contribution in [3.63, 3.8) is 0 Å². The Labute approximate surface area is 89.4 Å². The summed E-state index contributed by atoms with van der Waals surface area (Å²) < 4.78 is 1.63. The lowest BCUT2D eigenvalue weighted by Crippen LogP contribution is -2.14. The van der Waals surface area contributed by atoms with Crippen LogP contribution in [0.15, 0.2) is 23.3 Å². The van der Waals surface area contributed by atoms with Crippen LogP contribution in [0.1, 0.15) is 10.5 Å². The van der Waals surface area contributed by atoms with E-state index in [4.69, 9.17) is 5.11 Å². The molecule has 82 valence electrons. The van der Waals surface area contributed by atoms with E-state index in [1.165, 1.54) is 6.20 Å². The third kappa shape index (κ3) is 1.70. The lowest BCUT2D eigenvalue weighted by atomic mass is 10.4. The second-order valence-corrected chi connectivity index (χ2v) is 3.15. The van der Waals surface area contributed by atoms with Gasteiger partial charge in [0.15, 0.2) is 17.3 Å². The van der Waals surface area contributed by atoms with E-state index < -0.39 is 11.5 Å². The lowest BCUT2D eigenvalue weighted by molar-refractivity contribution is 0.0690. The fourth-order valence-electron chi connectivity index (χ4n) is 1.27. The standard InChI is InChI=1S/C9H8N4O3/c1-13-3-2-10-8(13)7-11-5(9(15)16)4-6(14)12-7/h2-4H,1H3,(H,15,16)(H,11,12,14). The Kier molecular flexibility index (Phi) is 2.28. The predicted octanol–water partition coefficient (Wildman–Crippen LogP) is -0.131. The molecular weight excluding hydrogens is 212 g/mol. The fraction of sp³-hybridized carbons (Fsp3) is 0.111. The predicted molar refractivity (Wildman–Crippen MR) is 54.0 cm³/mol. The van der Waals surface area contributed by atoms with E-state index >= 15 is 0 Å². The highest BCUT2D eigenvalue weighted by Gasteiger charge is 2.11. The molecule has 7 heteroatoms. The van der Waals surface area contributed by atoms with Gasteiger partial charge in [0.05, 0.1) is 0 Å². The van der Waals surface area contributed by atoms with Crippen molar-refractivity contribution in [1.82, 2.24) is 19.5 Å². The molecule has 0 saturated carbocycles. The number of rotatable bonds is 2. The van der Waals surface area contributed by atoms with Gasteiger partial charge in [0, 0.05) is 25.5 Å². The minimum atomic E-state index is -1.25. The molecule has 2 aromatic heterocycles. The smallest absolute Gasteiger partial charge is 0.354 e. The molecule has 2 aromatic rings. The van der Waals surface area contributed by atoms with E-state index in [1.54, 1.807) is 17.8 Å². The quantitative estimate of drug-likeness (QED) is 0.734. The molecule has 2 rings (SSSR count). The largest absolute Gasteiger partial charge is 0.477 e. The molecule has 0 bridgehead atoms. The Hall–Kier alpha value is -2.44. The van der Waals surface area contributed by atoms with Crippen molar-refractivity contribution in [3.05, 3.63) is 34.5 Å². The van der Waals surface area contributed by atoms with Gasteiger partial charge in [-0.1, -0.05) is 0 Å². The van der Waals surface area contributed by atoms with Gasteiger partial charge in [-0.05, 0) is 0 Å². The van der Waals surface area contributed by atoms with E-state index in [0.29, 0.717) is 5.82 Å². The molecule has 0 aliphatic rings. The van der Waals surface area contributed by atoms with Crippen LogP contribution >= 0.6 is 0 Å². The van der Waals surface area contributed by atoms with E-state index in [1.807, 2.05) is 0 Å². The highest BCUT2D eigenvalue weighted by Crippen LogP contribution is 2.09. The average molecular weight is 220 g/mol. The summed E-state index contributed by atoms with van der Waals surface area (Å²) in [6.45, 7) is 0. The number of carbonyl (C=O) groups is 1. The number of aromatic amines is 1. The minimum absolute atomic E-state index is 0.136. The minimum Gasteiger partial charge on any atom is -0.477 e. The number of imidazole rings is 1. The van der Waals surface area contributed by atoms with Crippen molar-refractivity contribution in [2.24, 2.45) is 7.05 Å². The zero-order chi connectivity index (χ0) is 11.7. The van der Waals surface area contributed by atoms with Crippen molar-refractivity contribution in [3.8, 4) is 11.6 Å². The van der Waals surface area contributed by atoms with Crippen LogP contribution in [0.4, 0.5) is 0 Å². The Morgan fingerprint density at radius 2 is 2.31 bits per heavy atom. The summed E-state index contributed by atoms with van der Waals surface area (Å²) in [5.74, 6) is -0.709. The molecule has 0 spiro atoms. The Morgan fingerprint density at radius 1 is 1.56 bits per heavy atom. The van der Waals surface area contributed by atoms with E-state index in [2.05, 4.69) is 15.0 Å². The monoisotopic (exact) mass is 220 g/mol. The Balaban J connectivity index is 2.63. The maximum atomic E-state index is 11.2. The average Bonchev–Trinajstić information content (AvgIpc) is 2.63. The number of aromatic carboxylic acids is 1. The first-order chi connectivity index (χ1) is 7.58. The summed E-state index contributed by atoms with van der Waals surface area (Å²) >= 11 is 0. The topological polar surface area (TPSA) is 101 Å². The number of aromatic nitrogens is 4. The number of hydrogen-bond donors (Lipinski definition) is 2. The molecular formula is C9H8N4O3. The number of nitrogens with one attached hydrogen (secondary N) is 1. The van der Waals surface area contributed by atoms with Crippen molar-refractivity contribution >= 4 is 5.97 Å². The molecule has 2 N–H and O–H groups in total. The zero-order valence-electron chi connectivity index (χ0n) is 8.34. The fourth-order valence-corrected chi connectivity index (χ4v) is 1.27. The summed E-state index contributed by atoms with van der Waals surface area (Å²) in [6.07, 6.45) is 3.20. The molecule has 0 radical (unpaired) electrons. The van der Waals surface area contributed by atoms with Crippen LogP contribution in [-0.2, 0) is 7.05 Å². The third-order valence-corrected chi connectivity index (χ3v) is 1.99. The summed E-state index contributed by atoms with van der Waals surface area (Å²) in [7, 11) is 1.72. The van der Waals surface area contributed by atoms with Crippen LogP contribution in [0.5, 0.6) is 0 Å². The van der Waals surface area contributed by atoms with Gasteiger partial charge in [0.1, 0.15) is 0 Å². The molecule has 0 saturated heterocycles. The van der Waals surface area contributed by atoms with Gasteiger partial charge in [0.2, 0.25) is 0 Å². The SMILES string of the molecule is Cn1ccnc1-c1nc(C(=O)O)cc(=O)[nH]1. The number of hydrogen-bond acceptors (Lipinski definition) is 4. The molecule has 0 atom stereocenters. The van der Waals surface area contributed by atoms with Gasteiger partial charge in [-0.2, -0.15) is 0 Å². The number of H-pyrrole nitrogens is 1. The van der Waals surface area contributed by atoms with Crippen LogP contribution in [0.2, 0.25) is 0 Å². The van der Waals surface area contributed by atoms with Gasteiger partial charge in [-0.3, -0.25) is 4.79 Å². The number of aryl methyl sites for hydroxylation is 1. The highest BCUT2D eigenvalue weighted by atomic mass is 16.4. The molecule has 0 aliphatic carbocycles. The molecule has 0 aromatic carbocycles. The zero-order valence-corrected chi connectivity index (χ0v) is 8.34. The lowest BCUT2D eigenvalue weighted by Gasteiger charge is -2.01. The summed E-state index contributed by atoms with van der Waals surface area (Å²) in [4.78, 5) is 32.1. The van der Waals surface area contributed by atoms with Crippen molar-refractivity contribution in [1.29, 1.82) is 0 Å². The third-order valence-electron chi connectivity index (χ3n) is 1.99.